The quantitative estimate of drug-likeness (QED) is 0.483. The fourth-order valence-electron chi connectivity index (χ4n) is 6.26. The molecular formula is C26H33F3N4O3S. The summed E-state index contributed by atoms with van der Waals surface area (Å²) >= 11 is 0. The van der Waals surface area contributed by atoms with E-state index in [0.29, 0.717) is 55.5 Å². The van der Waals surface area contributed by atoms with Gasteiger partial charge in [0.1, 0.15) is 5.69 Å². The van der Waals surface area contributed by atoms with Crippen molar-refractivity contribution in [2.75, 3.05) is 19.6 Å². The summed E-state index contributed by atoms with van der Waals surface area (Å²) in [5.74, 6) is -0.148. The number of aromatic nitrogens is 1. The van der Waals surface area contributed by atoms with Crippen LogP contribution in [-0.2, 0) is 18.3 Å². The smallest absolute Gasteiger partial charge is 0.338 e. The average molecular weight is 539 g/mol. The Morgan fingerprint density at radius 3 is 2.19 bits per heavy atom. The van der Waals surface area contributed by atoms with Crippen LogP contribution in [0.2, 0.25) is 0 Å². The van der Waals surface area contributed by atoms with Crippen molar-refractivity contribution in [3.63, 3.8) is 0 Å². The van der Waals surface area contributed by atoms with Crippen LogP contribution < -0.4 is 4.72 Å². The molecule has 1 amide bonds. The summed E-state index contributed by atoms with van der Waals surface area (Å²) in [5.41, 5.74) is 0.0980. The van der Waals surface area contributed by atoms with Crippen LogP contribution in [0, 0.1) is 0 Å². The third-order valence-corrected chi connectivity index (χ3v) is 10.2. The van der Waals surface area contributed by atoms with E-state index in [4.69, 9.17) is 0 Å². The SMILES string of the molecule is O=C(c1ccc(S(O)(O)NC2CC2)cc1)N1CCC2(CC1)c1ccc(C(F)(F)F)n1CCN2C1CCC1. The second-order valence-electron chi connectivity index (χ2n) is 10.8. The first-order valence-electron chi connectivity index (χ1n) is 13.1. The van der Waals surface area contributed by atoms with Gasteiger partial charge in [0.15, 0.2) is 0 Å². The molecule has 0 radical (unpaired) electrons. The zero-order valence-electron chi connectivity index (χ0n) is 20.6. The van der Waals surface area contributed by atoms with Crippen molar-refractivity contribution in [2.45, 2.75) is 80.2 Å². The molecule has 2 aliphatic carbocycles. The maximum absolute atomic E-state index is 13.7. The molecule has 1 aromatic heterocycles. The van der Waals surface area contributed by atoms with Crippen molar-refractivity contribution in [3.8, 4) is 0 Å². The topological polar surface area (TPSA) is 81.0 Å². The van der Waals surface area contributed by atoms with E-state index in [0.717, 1.165) is 37.8 Å². The fourth-order valence-corrected chi connectivity index (χ4v) is 7.61. The van der Waals surface area contributed by atoms with Crippen LogP contribution in [0.4, 0.5) is 13.2 Å². The summed E-state index contributed by atoms with van der Waals surface area (Å²) in [5, 5.41) is 0. The van der Waals surface area contributed by atoms with Crippen LogP contribution in [0.1, 0.15) is 66.7 Å². The van der Waals surface area contributed by atoms with Gasteiger partial charge in [-0.2, -0.15) is 13.2 Å². The molecule has 0 unspecified atom stereocenters. The highest BCUT2D eigenvalue weighted by atomic mass is 32.3. The van der Waals surface area contributed by atoms with Gasteiger partial charge in [-0.15, -0.1) is 10.8 Å². The second-order valence-corrected chi connectivity index (χ2v) is 12.6. The first-order chi connectivity index (χ1) is 17.6. The van der Waals surface area contributed by atoms with Crippen molar-refractivity contribution in [2.24, 2.45) is 0 Å². The molecule has 11 heteroatoms. The number of likely N-dealkylation sites (tertiary alicyclic amines) is 1. The van der Waals surface area contributed by atoms with E-state index >= 15 is 0 Å². The number of halogens is 3. The molecule has 1 aromatic carbocycles. The molecule has 4 aliphatic rings. The Labute approximate surface area is 216 Å². The molecule has 2 saturated carbocycles. The van der Waals surface area contributed by atoms with E-state index in [-0.39, 0.29) is 11.9 Å². The lowest BCUT2D eigenvalue weighted by atomic mass is 9.77. The van der Waals surface area contributed by atoms with E-state index in [2.05, 4.69) is 9.62 Å². The van der Waals surface area contributed by atoms with Crippen LogP contribution in [0.3, 0.4) is 0 Å². The number of carbonyl (C=O) groups excluding carboxylic acids is 1. The monoisotopic (exact) mass is 538 g/mol. The molecule has 7 nitrogen and oxygen atoms in total. The predicted octanol–water partition coefficient (Wildman–Crippen LogP) is 5.28. The number of nitrogens with zero attached hydrogens (tertiary/aromatic N) is 3. The van der Waals surface area contributed by atoms with Crippen molar-refractivity contribution in [1.82, 2.24) is 19.1 Å². The second kappa shape index (κ2) is 9.01. The van der Waals surface area contributed by atoms with Crippen molar-refractivity contribution < 1.29 is 27.1 Å². The highest BCUT2D eigenvalue weighted by molar-refractivity contribution is 8.22. The summed E-state index contributed by atoms with van der Waals surface area (Å²) < 4.78 is 66.2. The lowest BCUT2D eigenvalue weighted by Gasteiger charge is -2.56. The Kier molecular flexibility index (Phi) is 6.15. The van der Waals surface area contributed by atoms with E-state index in [1.807, 2.05) is 0 Å². The summed E-state index contributed by atoms with van der Waals surface area (Å²) in [6.45, 7) is 1.83. The number of fused-ring (bicyclic) bond motifs is 2. The molecule has 1 saturated heterocycles. The summed E-state index contributed by atoms with van der Waals surface area (Å²) in [4.78, 5) is 17.9. The average Bonchev–Trinajstić information content (AvgIpc) is 3.51. The molecule has 1 spiro atoms. The number of nitrogens with one attached hydrogen (secondary N) is 1. The first kappa shape index (κ1) is 25.2. The van der Waals surface area contributed by atoms with Crippen molar-refractivity contribution in [1.29, 1.82) is 0 Å². The number of rotatable bonds is 5. The van der Waals surface area contributed by atoms with E-state index < -0.39 is 28.2 Å². The molecule has 3 fully saturated rings. The number of carbonyl (C=O) groups is 1. The number of piperidine rings is 1. The highest BCUT2D eigenvalue weighted by Gasteiger charge is 2.51. The third kappa shape index (κ3) is 4.48. The molecule has 0 bridgehead atoms. The molecule has 37 heavy (non-hydrogen) atoms. The van der Waals surface area contributed by atoms with Gasteiger partial charge < -0.3 is 9.47 Å². The molecule has 6 rings (SSSR count). The fraction of sp³-hybridized carbons (Fsp3) is 0.577. The highest BCUT2D eigenvalue weighted by Crippen LogP contribution is 2.49. The van der Waals surface area contributed by atoms with Crippen LogP contribution in [0.25, 0.3) is 0 Å². The summed E-state index contributed by atoms with van der Waals surface area (Å²) in [6, 6.07) is 9.76. The Morgan fingerprint density at radius 2 is 1.62 bits per heavy atom. The molecule has 0 atom stereocenters. The van der Waals surface area contributed by atoms with E-state index in [1.54, 1.807) is 35.2 Å². The van der Waals surface area contributed by atoms with Crippen molar-refractivity contribution >= 4 is 16.7 Å². The third-order valence-electron chi connectivity index (χ3n) is 8.59. The Balaban J connectivity index is 1.20. The Morgan fingerprint density at radius 1 is 0.946 bits per heavy atom. The maximum atomic E-state index is 13.7. The number of alkyl halides is 3. The molecule has 2 aliphatic heterocycles. The minimum atomic E-state index is -4.39. The van der Waals surface area contributed by atoms with Gasteiger partial charge >= 0.3 is 6.18 Å². The molecule has 202 valence electrons. The maximum Gasteiger partial charge on any atom is 0.431 e. The molecular weight excluding hydrogens is 505 g/mol. The van der Waals surface area contributed by atoms with Crippen LogP contribution >= 0.6 is 10.8 Å². The normalized spacial score (nSPS) is 23.1. The van der Waals surface area contributed by atoms with Gasteiger partial charge in [-0.25, -0.2) is 4.72 Å². The molecule has 3 N–H and O–H groups in total. The minimum absolute atomic E-state index is 0.125. The van der Waals surface area contributed by atoms with Gasteiger partial charge in [0.25, 0.3) is 5.91 Å². The Bertz CT molecular complexity index is 1170. The Hall–Kier alpha value is -2.05. The number of hydrogen-bond acceptors (Lipinski definition) is 5. The van der Waals surface area contributed by atoms with Gasteiger partial charge in [-0.1, -0.05) is 6.42 Å². The number of amides is 1. The van der Waals surface area contributed by atoms with Crippen LogP contribution in [0.15, 0.2) is 41.3 Å². The van der Waals surface area contributed by atoms with Crippen LogP contribution in [0.5, 0.6) is 0 Å². The van der Waals surface area contributed by atoms with Crippen molar-refractivity contribution in [3.05, 3.63) is 53.3 Å². The zero-order valence-corrected chi connectivity index (χ0v) is 21.4. The number of hydrogen-bond donors (Lipinski definition) is 3. The predicted molar refractivity (Wildman–Crippen MR) is 134 cm³/mol. The lowest BCUT2D eigenvalue weighted by molar-refractivity contribution is -0.145. The largest absolute Gasteiger partial charge is 0.431 e. The van der Waals surface area contributed by atoms with Gasteiger partial charge in [0.05, 0.1) is 10.4 Å². The van der Waals surface area contributed by atoms with E-state index in [9.17, 15) is 27.1 Å². The van der Waals surface area contributed by atoms with E-state index in [1.165, 1.54) is 10.6 Å². The summed E-state index contributed by atoms with van der Waals surface area (Å²) in [7, 11) is -3.09. The van der Waals surface area contributed by atoms with Gasteiger partial charge in [0, 0.05) is 49.5 Å². The van der Waals surface area contributed by atoms with Crippen LogP contribution in [-0.4, -0.2) is 61.1 Å². The zero-order chi connectivity index (χ0) is 26.0. The lowest BCUT2D eigenvalue weighted by Crippen LogP contribution is -2.62. The standard InChI is InChI=1S/C26H33F3N4O3S/c27-26(28,29)23-11-10-22-25(33(17-16-32(22)23)20-2-1-3-20)12-14-31(15-13-25)24(34)18-4-8-21(9-5-18)37(35,36)30-19-6-7-19/h4-5,8-11,19-20,30,35-36H,1-3,6-7,12-17H2. The molecule has 2 aromatic rings. The molecule has 3 heterocycles. The van der Waals surface area contributed by atoms with Gasteiger partial charge in [0.2, 0.25) is 0 Å². The first-order valence-corrected chi connectivity index (χ1v) is 14.6. The van der Waals surface area contributed by atoms with Gasteiger partial charge in [-0.3, -0.25) is 18.8 Å². The van der Waals surface area contributed by atoms with Gasteiger partial charge in [-0.05, 0) is 74.9 Å². The summed E-state index contributed by atoms with van der Waals surface area (Å²) in [6.07, 6.45) is 1.90. The number of benzene rings is 1. The minimum Gasteiger partial charge on any atom is -0.338 e.